The Morgan fingerprint density at radius 3 is 2.55 bits per heavy atom. The summed E-state index contributed by atoms with van der Waals surface area (Å²) >= 11 is 0. The molecule has 0 aliphatic carbocycles. The van der Waals surface area contributed by atoms with Crippen molar-refractivity contribution < 1.29 is 23.8 Å². The molecular weight excluding hydrogens is 394 g/mol. The molecule has 1 aliphatic heterocycles. The van der Waals surface area contributed by atoms with E-state index in [0.29, 0.717) is 11.5 Å². The van der Waals surface area contributed by atoms with Gasteiger partial charge in [-0.2, -0.15) is 0 Å². The van der Waals surface area contributed by atoms with E-state index < -0.39 is 5.97 Å². The van der Waals surface area contributed by atoms with E-state index in [2.05, 4.69) is 6.07 Å². The lowest BCUT2D eigenvalue weighted by Crippen LogP contribution is -2.41. The van der Waals surface area contributed by atoms with Crippen molar-refractivity contribution in [1.29, 1.82) is 0 Å². The minimum atomic E-state index is -0.417. The highest BCUT2D eigenvalue weighted by atomic mass is 16.5. The minimum absolute atomic E-state index is 0.101. The number of benzene rings is 3. The fourth-order valence-corrected chi connectivity index (χ4v) is 4.27. The van der Waals surface area contributed by atoms with E-state index in [0.717, 1.165) is 27.6 Å². The zero-order chi connectivity index (χ0) is 22.0. The standard InChI is InChI=1S/C25H25NO5/c1-4-31-24(28)15-26-20-11-9-16-7-5-6-8-18(16)25(20)19(14-23(26)27)17-10-12-21(29-2)22(13-17)30-3/h5-13,19H,4,14-15H2,1-3H3. The van der Waals surface area contributed by atoms with Gasteiger partial charge in [-0.1, -0.05) is 36.4 Å². The number of esters is 1. The van der Waals surface area contributed by atoms with Gasteiger partial charge in [0.1, 0.15) is 6.54 Å². The molecule has 3 aromatic rings. The number of nitrogens with zero attached hydrogens (tertiary/aromatic N) is 1. The molecule has 0 saturated carbocycles. The van der Waals surface area contributed by atoms with Crippen LogP contribution in [0.1, 0.15) is 30.4 Å². The molecule has 31 heavy (non-hydrogen) atoms. The molecule has 0 saturated heterocycles. The summed E-state index contributed by atoms with van der Waals surface area (Å²) in [5.74, 6) is 0.542. The summed E-state index contributed by atoms with van der Waals surface area (Å²) in [7, 11) is 3.19. The van der Waals surface area contributed by atoms with Crippen LogP contribution in [-0.4, -0.2) is 39.2 Å². The van der Waals surface area contributed by atoms with Crippen molar-refractivity contribution in [3.63, 3.8) is 0 Å². The van der Waals surface area contributed by atoms with Crippen LogP contribution in [0.4, 0.5) is 5.69 Å². The van der Waals surface area contributed by atoms with Crippen molar-refractivity contribution in [3.05, 3.63) is 65.7 Å². The van der Waals surface area contributed by atoms with Gasteiger partial charge >= 0.3 is 5.97 Å². The fourth-order valence-electron chi connectivity index (χ4n) is 4.27. The van der Waals surface area contributed by atoms with Gasteiger partial charge in [0, 0.05) is 18.0 Å². The molecule has 0 N–H and O–H groups in total. The Labute approximate surface area is 181 Å². The number of amides is 1. The maximum atomic E-state index is 13.2. The SMILES string of the molecule is CCOC(=O)CN1C(=O)CC(c2ccc(OC)c(OC)c2)c2c1ccc1ccccc21. The third-order valence-electron chi connectivity index (χ3n) is 5.67. The number of ether oxygens (including phenoxy) is 3. The van der Waals surface area contributed by atoms with Gasteiger partial charge in [-0.3, -0.25) is 9.59 Å². The molecule has 1 unspecified atom stereocenters. The van der Waals surface area contributed by atoms with Crippen LogP contribution in [0, 0.1) is 0 Å². The van der Waals surface area contributed by atoms with Crippen molar-refractivity contribution in [2.75, 3.05) is 32.3 Å². The molecule has 1 atom stereocenters. The van der Waals surface area contributed by atoms with Gasteiger partial charge in [-0.25, -0.2) is 0 Å². The normalized spacial score (nSPS) is 15.5. The second-order valence-electron chi connectivity index (χ2n) is 7.38. The highest BCUT2D eigenvalue weighted by Gasteiger charge is 2.35. The van der Waals surface area contributed by atoms with Crippen molar-refractivity contribution in [2.45, 2.75) is 19.3 Å². The number of carbonyl (C=O) groups is 2. The molecule has 3 aromatic carbocycles. The van der Waals surface area contributed by atoms with E-state index in [1.165, 1.54) is 4.90 Å². The largest absolute Gasteiger partial charge is 0.493 e. The van der Waals surface area contributed by atoms with Crippen LogP contribution in [0.25, 0.3) is 10.8 Å². The van der Waals surface area contributed by atoms with E-state index in [-0.39, 0.29) is 31.4 Å². The molecule has 0 radical (unpaired) electrons. The number of fused-ring (bicyclic) bond motifs is 3. The van der Waals surface area contributed by atoms with Gasteiger partial charge in [0.05, 0.1) is 20.8 Å². The Bertz CT molecular complexity index is 1140. The second-order valence-corrected chi connectivity index (χ2v) is 7.38. The number of carbonyl (C=O) groups excluding carboxylic acids is 2. The molecule has 6 nitrogen and oxygen atoms in total. The van der Waals surface area contributed by atoms with Gasteiger partial charge in [0.2, 0.25) is 5.91 Å². The van der Waals surface area contributed by atoms with Crippen LogP contribution in [-0.2, 0) is 14.3 Å². The van der Waals surface area contributed by atoms with Crippen LogP contribution in [0.3, 0.4) is 0 Å². The highest BCUT2D eigenvalue weighted by Crippen LogP contribution is 2.45. The summed E-state index contributed by atoms with van der Waals surface area (Å²) in [6.45, 7) is 1.93. The van der Waals surface area contributed by atoms with Crippen LogP contribution in [0.15, 0.2) is 54.6 Å². The number of methoxy groups -OCH3 is 2. The van der Waals surface area contributed by atoms with Crippen LogP contribution >= 0.6 is 0 Å². The Balaban J connectivity index is 1.88. The molecule has 160 valence electrons. The Morgan fingerprint density at radius 1 is 1.03 bits per heavy atom. The first-order valence-corrected chi connectivity index (χ1v) is 10.3. The van der Waals surface area contributed by atoms with E-state index in [1.807, 2.05) is 48.5 Å². The molecule has 6 heteroatoms. The van der Waals surface area contributed by atoms with Gasteiger partial charge in [-0.05, 0) is 47.0 Å². The first-order chi connectivity index (χ1) is 15.1. The summed E-state index contributed by atoms with van der Waals surface area (Å²) in [6, 6.07) is 17.7. The quantitative estimate of drug-likeness (QED) is 0.558. The Hall–Kier alpha value is -3.54. The fraction of sp³-hybridized carbons (Fsp3) is 0.280. The maximum Gasteiger partial charge on any atom is 0.326 e. The molecule has 1 heterocycles. The molecule has 0 bridgehead atoms. The molecule has 0 aromatic heterocycles. The lowest BCUT2D eigenvalue weighted by atomic mass is 9.81. The zero-order valence-corrected chi connectivity index (χ0v) is 17.9. The van der Waals surface area contributed by atoms with Crippen molar-refractivity contribution >= 4 is 28.3 Å². The van der Waals surface area contributed by atoms with E-state index in [4.69, 9.17) is 14.2 Å². The van der Waals surface area contributed by atoms with E-state index in [1.54, 1.807) is 21.1 Å². The lowest BCUT2D eigenvalue weighted by Gasteiger charge is -2.35. The van der Waals surface area contributed by atoms with Crippen molar-refractivity contribution in [3.8, 4) is 11.5 Å². The third kappa shape index (κ3) is 3.81. The maximum absolute atomic E-state index is 13.2. The zero-order valence-electron chi connectivity index (χ0n) is 17.9. The predicted octanol–water partition coefficient (Wildman–Crippen LogP) is 4.29. The van der Waals surface area contributed by atoms with Gasteiger partial charge in [0.15, 0.2) is 11.5 Å². The first-order valence-electron chi connectivity index (χ1n) is 10.3. The summed E-state index contributed by atoms with van der Waals surface area (Å²) in [5.41, 5.74) is 2.72. The number of rotatable bonds is 6. The highest BCUT2D eigenvalue weighted by molar-refractivity contribution is 6.05. The molecule has 0 fully saturated rings. The van der Waals surface area contributed by atoms with Crippen LogP contribution in [0.5, 0.6) is 11.5 Å². The molecule has 1 aliphatic rings. The first kappa shape index (κ1) is 20.7. The van der Waals surface area contributed by atoms with Crippen molar-refractivity contribution in [2.24, 2.45) is 0 Å². The monoisotopic (exact) mass is 419 g/mol. The predicted molar refractivity (Wildman–Crippen MR) is 119 cm³/mol. The summed E-state index contributed by atoms with van der Waals surface area (Å²) in [4.78, 5) is 26.9. The smallest absolute Gasteiger partial charge is 0.326 e. The van der Waals surface area contributed by atoms with Gasteiger partial charge in [0.25, 0.3) is 0 Å². The van der Waals surface area contributed by atoms with E-state index in [9.17, 15) is 9.59 Å². The second kappa shape index (κ2) is 8.68. The minimum Gasteiger partial charge on any atom is -0.493 e. The molecule has 0 spiro atoms. The average molecular weight is 419 g/mol. The Kier molecular flexibility index (Phi) is 5.80. The topological polar surface area (TPSA) is 65.1 Å². The van der Waals surface area contributed by atoms with Crippen molar-refractivity contribution in [1.82, 2.24) is 0 Å². The van der Waals surface area contributed by atoms with Gasteiger partial charge in [-0.15, -0.1) is 0 Å². The molecular formula is C25H25NO5. The summed E-state index contributed by atoms with van der Waals surface area (Å²) in [6.07, 6.45) is 0.246. The third-order valence-corrected chi connectivity index (χ3v) is 5.67. The van der Waals surface area contributed by atoms with Crippen LogP contribution in [0.2, 0.25) is 0 Å². The number of hydrogen-bond acceptors (Lipinski definition) is 5. The van der Waals surface area contributed by atoms with Gasteiger partial charge < -0.3 is 19.1 Å². The Morgan fingerprint density at radius 2 is 1.81 bits per heavy atom. The molecule has 4 rings (SSSR count). The van der Waals surface area contributed by atoms with Crippen LogP contribution < -0.4 is 14.4 Å². The molecule has 1 amide bonds. The summed E-state index contributed by atoms with van der Waals surface area (Å²) in [5, 5.41) is 2.14. The average Bonchev–Trinajstić information content (AvgIpc) is 2.80. The lowest BCUT2D eigenvalue weighted by molar-refractivity contribution is -0.142. The summed E-state index contributed by atoms with van der Waals surface area (Å²) < 4.78 is 16.0. The van der Waals surface area contributed by atoms with E-state index >= 15 is 0 Å². The number of anilines is 1. The number of hydrogen-bond donors (Lipinski definition) is 0.